The lowest BCUT2D eigenvalue weighted by atomic mass is 9.49. The largest absolute Gasteiger partial charge is 0.426 e. The predicted octanol–water partition coefficient (Wildman–Crippen LogP) is 7.04. The quantitative estimate of drug-likeness (QED) is 0.318. The smallest absolute Gasteiger partial charge is 0.315 e. The van der Waals surface area contributed by atoms with Crippen LogP contribution in [-0.4, -0.2) is 5.97 Å². The number of carbonyl (C=O) groups is 1. The summed E-state index contributed by atoms with van der Waals surface area (Å²) in [4.78, 5) is 14.1. The Morgan fingerprint density at radius 1 is 0.758 bits per heavy atom. The summed E-state index contributed by atoms with van der Waals surface area (Å²) in [6.45, 7) is 6.86. The molecule has 3 aromatic carbocycles. The average Bonchev–Trinajstić information content (AvgIpc) is 2.83. The zero-order valence-electron chi connectivity index (χ0n) is 19.8. The Morgan fingerprint density at radius 2 is 1.33 bits per heavy atom. The van der Waals surface area contributed by atoms with Gasteiger partial charge in [-0.2, -0.15) is 0 Å². The van der Waals surface area contributed by atoms with E-state index < -0.39 is 0 Å². The van der Waals surface area contributed by atoms with Gasteiger partial charge in [-0.25, -0.2) is 0 Å². The SMILES string of the molecule is CC(C)(C)C1C2c3ccccc3C(c3ccccc32)C1C(=O)Oc1cccc2c1CCCC2. The zero-order chi connectivity index (χ0) is 22.7. The van der Waals surface area contributed by atoms with Gasteiger partial charge in [0.25, 0.3) is 0 Å². The molecule has 0 amide bonds. The van der Waals surface area contributed by atoms with Crippen LogP contribution in [0.2, 0.25) is 0 Å². The van der Waals surface area contributed by atoms with Crippen molar-refractivity contribution in [3.63, 3.8) is 0 Å². The molecule has 0 N–H and O–H groups in total. The van der Waals surface area contributed by atoms with E-state index in [1.807, 2.05) is 12.1 Å². The maximum absolute atomic E-state index is 14.1. The standard InChI is InChI=1S/C31H32O2/c1-31(2,3)29-27-23-16-8-6-14-21(23)26(22-15-7-9-17-24(22)27)28(29)30(32)33-25-18-10-12-19-11-4-5-13-20(19)25/h6-10,12,14-18,26-29H,4-5,11,13H2,1-3H3. The highest BCUT2D eigenvalue weighted by Gasteiger charge is 2.56. The number of ether oxygens (including phenoxy) is 1. The Balaban J connectivity index is 1.48. The molecule has 0 aromatic heterocycles. The van der Waals surface area contributed by atoms with E-state index in [1.165, 1.54) is 46.2 Å². The molecule has 2 atom stereocenters. The molecule has 2 heteroatoms. The Bertz CT molecular complexity index is 1180. The first kappa shape index (κ1) is 20.7. The molecule has 168 valence electrons. The Morgan fingerprint density at radius 3 is 1.94 bits per heavy atom. The van der Waals surface area contributed by atoms with Gasteiger partial charge in [0.1, 0.15) is 5.75 Å². The van der Waals surface area contributed by atoms with Gasteiger partial charge in [-0.15, -0.1) is 0 Å². The summed E-state index contributed by atoms with van der Waals surface area (Å²) in [6.07, 6.45) is 4.47. The molecule has 7 rings (SSSR count). The highest BCUT2D eigenvalue weighted by atomic mass is 16.5. The number of hydrogen-bond acceptors (Lipinski definition) is 2. The minimum atomic E-state index is -0.195. The first-order valence-corrected chi connectivity index (χ1v) is 12.5. The van der Waals surface area contributed by atoms with Crippen molar-refractivity contribution in [1.29, 1.82) is 0 Å². The molecule has 3 aromatic rings. The van der Waals surface area contributed by atoms with Crippen molar-refractivity contribution in [3.8, 4) is 5.75 Å². The first-order chi connectivity index (χ1) is 15.9. The van der Waals surface area contributed by atoms with E-state index in [2.05, 4.69) is 75.4 Å². The Kier molecular flexibility index (Phi) is 4.76. The van der Waals surface area contributed by atoms with Gasteiger partial charge in [0.2, 0.25) is 0 Å². The van der Waals surface area contributed by atoms with Gasteiger partial charge in [-0.1, -0.05) is 81.4 Å². The molecule has 0 saturated heterocycles. The van der Waals surface area contributed by atoms with Crippen LogP contribution < -0.4 is 4.74 Å². The van der Waals surface area contributed by atoms with Gasteiger partial charge in [-0.05, 0) is 76.5 Å². The van der Waals surface area contributed by atoms with Crippen molar-refractivity contribution in [2.75, 3.05) is 0 Å². The van der Waals surface area contributed by atoms with Gasteiger partial charge < -0.3 is 4.74 Å². The molecule has 0 heterocycles. The molecule has 0 radical (unpaired) electrons. The molecule has 0 saturated carbocycles. The minimum Gasteiger partial charge on any atom is -0.426 e. The maximum Gasteiger partial charge on any atom is 0.315 e. The van der Waals surface area contributed by atoms with Crippen LogP contribution in [0, 0.1) is 17.3 Å². The van der Waals surface area contributed by atoms with E-state index in [1.54, 1.807) is 0 Å². The number of esters is 1. The van der Waals surface area contributed by atoms with Crippen LogP contribution in [0.25, 0.3) is 0 Å². The van der Waals surface area contributed by atoms with E-state index in [4.69, 9.17) is 4.74 Å². The number of benzene rings is 3. The highest BCUT2D eigenvalue weighted by Crippen LogP contribution is 2.62. The van der Waals surface area contributed by atoms with Crippen LogP contribution >= 0.6 is 0 Å². The molecule has 2 bridgehead atoms. The van der Waals surface area contributed by atoms with Gasteiger partial charge in [0, 0.05) is 11.8 Å². The second-order valence-electron chi connectivity index (χ2n) is 11.2. The average molecular weight is 437 g/mol. The molecule has 0 fully saturated rings. The second kappa shape index (κ2) is 7.58. The third-order valence-electron chi connectivity index (χ3n) is 8.27. The zero-order valence-corrected chi connectivity index (χ0v) is 19.8. The van der Waals surface area contributed by atoms with Crippen molar-refractivity contribution in [2.24, 2.45) is 17.3 Å². The van der Waals surface area contributed by atoms with E-state index in [9.17, 15) is 4.79 Å². The van der Waals surface area contributed by atoms with E-state index in [0.29, 0.717) is 0 Å². The lowest BCUT2D eigenvalue weighted by molar-refractivity contribution is -0.144. The second-order valence-corrected chi connectivity index (χ2v) is 11.2. The molecule has 4 aliphatic rings. The summed E-state index contributed by atoms with van der Waals surface area (Å²) >= 11 is 0. The van der Waals surface area contributed by atoms with Crippen molar-refractivity contribution in [1.82, 2.24) is 0 Å². The van der Waals surface area contributed by atoms with Crippen molar-refractivity contribution < 1.29 is 9.53 Å². The summed E-state index contributed by atoms with van der Waals surface area (Å²) < 4.78 is 6.32. The van der Waals surface area contributed by atoms with Gasteiger partial charge in [0.05, 0.1) is 5.92 Å². The predicted molar refractivity (Wildman–Crippen MR) is 132 cm³/mol. The van der Waals surface area contributed by atoms with Crippen molar-refractivity contribution in [2.45, 2.75) is 58.3 Å². The highest BCUT2D eigenvalue weighted by molar-refractivity contribution is 5.81. The molecule has 2 unspecified atom stereocenters. The molecule has 4 aliphatic carbocycles. The van der Waals surface area contributed by atoms with Gasteiger partial charge >= 0.3 is 5.97 Å². The molecular weight excluding hydrogens is 404 g/mol. The number of carbonyl (C=O) groups excluding carboxylic acids is 1. The maximum atomic E-state index is 14.1. The van der Waals surface area contributed by atoms with Crippen molar-refractivity contribution >= 4 is 5.97 Å². The lowest BCUT2D eigenvalue weighted by Gasteiger charge is -2.54. The molecular formula is C31H32O2. The number of aryl methyl sites for hydroxylation is 1. The van der Waals surface area contributed by atoms with Crippen LogP contribution in [0.15, 0.2) is 66.7 Å². The van der Waals surface area contributed by atoms with Crippen LogP contribution in [0.4, 0.5) is 0 Å². The summed E-state index contributed by atoms with van der Waals surface area (Å²) in [5.74, 6) is 0.961. The summed E-state index contributed by atoms with van der Waals surface area (Å²) in [6, 6.07) is 23.8. The fourth-order valence-electron chi connectivity index (χ4n) is 7.02. The monoisotopic (exact) mass is 436 g/mol. The molecule has 0 spiro atoms. The summed E-state index contributed by atoms with van der Waals surface area (Å²) in [7, 11) is 0. The van der Waals surface area contributed by atoms with Crippen LogP contribution in [0.5, 0.6) is 5.75 Å². The van der Waals surface area contributed by atoms with E-state index in [-0.39, 0.29) is 35.1 Å². The van der Waals surface area contributed by atoms with Crippen molar-refractivity contribution in [3.05, 3.63) is 100 Å². The molecule has 33 heavy (non-hydrogen) atoms. The lowest BCUT2D eigenvalue weighted by Crippen LogP contribution is -2.49. The Labute approximate surface area is 197 Å². The third kappa shape index (κ3) is 3.18. The first-order valence-electron chi connectivity index (χ1n) is 12.5. The van der Waals surface area contributed by atoms with E-state index in [0.717, 1.165) is 18.6 Å². The number of rotatable bonds is 2. The topological polar surface area (TPSA) is 26.3 Å². The Hall–Kier alpha value is -2.87. The van der Waals surface area contributed by atoms with Crippen LogP contribution in [-0.2, 0) is 17.6 Å². The third-order valence-corrected chi connectivity index (χ3v) is 8.27. The summed E-state index contributed by atoms with van der Waals surface area (Å²) in [5.41, 5.74) is 7.94. The molecule has 2 nitrogen and oxygen atoms in total. The van der Waals surface area contributed by atoms with Crippen LogP contribution in [0.1, 0.15) is 78.8 Å². The number of hydrogen-bond donors (Lipinski definition) is 0. The normalized spacial score (nSPS) is 25.1. The minimum absolute atomic E-state index is 0.0379. The van der Waals surface area contributed by atoms with E-state index >= 15 is 0 Å². The van der Waals surface area contributed by atoms with Crippen LogP contribution in [0.3, 0.4) is 0 Å². The van der Waals surface area contributed by atoms with Gasteiger partial charge in [0.15, 0.2) is 0 Å². The summed E-state index contributed by atoms with van der Waals surface area (Å²) in [5, 5.41) is 0. The van der Waals surface area contributed by atoms with Gasteiger partial charge in [-0.3, -0.25) is 4.79 Å². The molecule has 0 aliphatic heterocycles. The fourth-order valence-corrected chi connectivity index (χ4v) is 7.02. The number of fused-ring (bicyclic) bond motifs is 2. The fraction of sp³-hybridized carbons (Fsp3) is 0.387.